The number of anilines is 2. The van der Waals surface area contributed by atoms with E-state index in [-0.39, 0.29) is 22.9 Å². The summed E-state index contributed by atoms with van der Waals surface area (Å²) >= 11 is 3.78. The van der Waals surface area contributed by atoms with E-state index in [1.807, 2.05) is 13.0 Å². The molecule has 3 aromatic heterocycles. The number of carboxylic acids is 1. The first-order chi connectivity index (χ1) is 16.8. The Bertz CT molecular complexity index is 1420. The lowest BCUT2D eigenvalue weighted by atomic mass is 10.0. The van der Waals surface area contributed by atoms with E-state index >= 15 is 0 Å². The zero-order valence-electron chi connectivity index (χ0n) is 18.0. The molecule has 180 valence electrons. The normalized spacial score (nSPS) is 19.5. The summed E-state index contributed by atoms with van der Waals surface area (Å²) in [7, 11) is 0. The summed E-state index contributed by atoms with van der Waals surface area (Å²) in [5, 5.41) is 16.0. The second-order valence-electron chi connectivity index (χ2n) is 7.61. The highest BCUT2D eigenvalue weighted by Crippen LogP contribution is 2.44. The van der Waals surface area contributed by atoms with Gasteiger partial charge < -0.3 is 10.8 Å². The molecule has 0 saturated carbocycles. The van der Waals surface area contributed by atoms with Gasteiger partial charge in [-0.1, -0.05) is 0 Å². The summed E-state index contributed by atoms with van der Waals surface area (Å²) in [6.45, 7) is 1.86. The number of thiazole rings is 1. The van der Waals surface area contributed by atoms with Crippen LogP contribution in [0.4, 0.5) is 10.9 Å². The number of carbonyl (C=O) groups excluding carboxylic acids is 3. The van der Waals surface area contributed by atoms with Gasteiger partial charge in [-0.15, -0.1) is 34.9 Å². The van der Waals surface area contributed by atoms with Gasteiger partial charge in [0.15, 0.2) is 10.8 Å². The lowest BCUT2D eigenvalue weighted by Gasteiger charge is -2.52. The van der Waals surface area contributed by atoms with E-state index in [0.717, 1.165) is 27.0 Å². The number of nitrogens with zero attached hydrogens (tertiary/aromatic N) is 6. The molecule has 12 nitrogen and oxygen atoms in total. The van der Waals surface area contributed by atoms with E-state index in [0.29, 0.717) is 22.7 Å². The molecule has 0 unspecified atom stereocenters. The molecule has 2 amide bonds. The summed E-state index contributed by atoms with van der Waals surface area (Å²) in [6.07, 6.45) is 1.73. The molecule has 0 spiro atoms. The number of thioether (sulfide) groups is 2. The summed E-state index contributed by atoms with van der Waals surface area (Å²) in [5.74, 6) is -2.06. The van der Waals surface area contributed by atoms with E-state index in [2.05, 4.69) is 15.1 Å². The van der Waals surface area contributed by atoms with Crippen molar-refractivity contribution in [3.8, 4) is 0 Å². The third-order valence-corrected chi connectivity index (χ3v) is 8.51. The maximum Gasteiger partial charge on any atom is 0.352 e. The standard InChI is InChI=1S/C20H17N7O5S3/c1-9-4-14(27-11(23-9)2-3-22-27)33-6-10-7-34-18-16(17(30)26(18)15(10)19(31)32)25(13(29)5-28)12-8-35-20(21)24-12/h2-5,8,16,18H,6-7H2,1H3,(H2,21,24)(H,31,32)/t16-,18-/m1/s1. The second kappa shape index (κ2) is 8.98. The zero-order valence-corrected chi connectivity index (χ0v) is 20.5. The average molecular weight is 532 g/mol. The van der Waals surface area contributed by atoms with Crippen LogP contribution in [0.5, 0.6) is 0 Å². The minimum Gasteiger partial charge on any atom is -0.477 e. The van der Waals surface area contributed by atoms with E-state index in [1.165, 1.54) is 33.8 Å². The van der Waals surface area contributed by atoms with E-state index in [9.17, 15) is 24.3 Å². The number of nitrogens with two attached hydrogens (primary N) is 1. The molecule has 5 rings (SSSR count). The molecular weight excluding hydrogens is 514 g/mol. The van der Waals surface area contributed by atoms with Crippen LogP contribution in [-0.2, 0) is 19.2 Å². The molecule has 0 aromatic carbocycles. The number of aryl methyl sites for hydroxylation is 1. The minimum absolute atomic E-state index is 0.0849. The van der Waals surface area contributed by atoms with Crippen molar-refractivity contribution < 1.29 is 24.3 Å². The van der Waals surface area contributed by atoms with Crippen molar-refractivity contribution >= 4 is 75.5 Å². The monoisotopic (exact) mass is 531 g/mol. The number of rotatable bonds is 7. The molecule has 0 bridgehead atoms. The van der Waals surface area contributed by atoms with Crippen molar-refractivity contribution in [1.29, 1.82) is 0 Å². The Morgan fingerprint density at radius 2 is 2.20 bits per heavy atom. The van der Waals surface area contributed by atoms with E-state index in [1.54, 1.807) is 16.8 Å². The van der Waals surface area contributed by atoms with Crippen LogP contribution in [0.15, 0.2) is 40.0 Å². The Labute approximate surface area is 210 Å². The SMILES string of the molecule is Cc1cc(SCC2=C(C(=O)O)N3C(=O)[C@@H](N(C(=O)C=O)c4csc(N)n4)[C@H]3SC2)n2nccc2n1. The van der Waals surface area contributed by atoms with Gasteiger partial charge >= 0.3 is 5.97 Å². The predicted molar refractivity (Wildman–Crippen MR) is 130 cm³/mol. The number of carbonyl (C=O) groups is 4. The fourth-order valence-electron chi connectivity index (χ4n) is 3.99. The minimum atomic E-state index is -1.24. The van der Waals surface area contributed by atoms with Crippen LogP contribution < -0.4 is 10.6 Å². The first-order valence-electron chi connectivity index (χ1n) is 10.1. The van der Waals surface area contributed by atoms with Crippen LogP contribution in [0.25, 0.3) is 5.65 Å². The van der Waals surface area contributed by atoms with Crippen molar-refractivity contribution in [2.75, 3.05) is 22.1 Å². The van der Waals surface area contributed by atoms with Gasteiger partial charge in [-0.3, -0.25) is 24.2 Å². The van der Waals surface area contributed by atoms with Gasteiger partial charge in [0.05, 0.1) is 6.20 Å². The van der Waals surface area contributed by atoms with Crippen molar-refractivity contribution in [1.82, 2.24) is 24.5 Å². The third kappa shape index (κ3) is 3.94. The van der Waals surface area contributed by atoms with Gasteiger partial charge in [0, 0.05) is 28.6 Å². The topological polar surface area (TPSA) is 164 Å². The zero-order chi connectivity index (χ0) is 24.9. The molecule has 0 radical (unpaired) electrons. The molecule has 1 fully saturated rings. The summed E-state index contributed by atoms with van der Waals surface area (Å²) < 4.78 is 1.67. The maximum absolute atomic E-state index is 13.2. The number of hydrogen-bond donors (Lipinski definition) is 2. The number of amides is 2. The van der Waals surface area contributed by atoms with Crippen molar-refractivity contribution in [2.45, 2.75) is 23.4 Å². The fraction of sp³-hybridized carbons (Fsp3) is 0.250. The molecule has 15 heteroatoms. The highest BCUT2D eigenvalue weighted by Gasteiger charge is 2.57. The van der Waals surface area contributed by atoms with Crippen molar-refractivity contribution in [3.63, 3.8) is 0 Å². The largest absolute Gasteiger partial charge is 0.477 e. The summed E-state index contributed by atoms with van der Waals surface area (Å²) in [5.41, 5.74) is 7.60. The molecule has 2 aliphatic heterocycles. The highest BCUT2D eigenvalue weighted by atomic mass is 32.2. The molecule has 2 atom stereocenters. The Kier molecular flexibility index (Phi) is 5.98. The number of hydrogen-bond acceptors (Lipinski definition) is 11. The number of fused-ring (bicyclic) bond motifs is 2. The first kappa shape index (κ1) is 23.3. The van der Waals surface area contributed by atoms with Gasteiger partial charge in [0.2, 0.25) is 6.29 Å². The Morgan fingerprint density at radius 3 is 2.89 bits per heavy atom. The van der Waals surface area contributed by atoms with Crippen LogP contribution in [0, 0.1) is 6.92 Å². The van der Waals surface area contributed by atoms with Crippen LogP contribution >= 0.6 is 34.9 Å². The molecular formula is C20H17N7O5S3. The van der Waals surface area contributed by atoms with Crippen molar-refractivity contribution in [3.05, 3.63) is 40.7 Å². The molecule has 5 heterocycles. The second-order valence-corrected chi connectivity index (χ2v) is 10.6. The highest BCUT2D eigenvalue weighted by molar-refractivity contribution is 8.01. The molecule has 35 heavy (non-hydrogen) atoms. The lowest BCUT2D eigenvalue weighted by Crippen LogP contribution is -2.72. The van der Waals surface area contributed by atoms with Gasteiger partial charge in [0.1, 0.15) is 28.0 Å². The fourth-order valence-corrected chi connectivity index (χ4v) is 7.12. The van der Waals surface area contributed by atoms with Crippen molar-refractivity contribution in [2.24, 2.45) is 0 Å². The smallest absolute Gasteiger partial charge is 0.352 e. The summed E-state index contributed by atoms with van der Waals surface area (Å²) in [6, 6.07) is 2.58. The number of aromatic nitrogens is 4. The Morgan fingerprint density at radius 1 is 1.40 bits per heavy atom. The number of carboxylic acid groups (broad SMARTS) is 1. The van der Waals surface area contributed by atoms with Gasteiger partial charge in [-0.25, -0.2) is 19.3 Å². The number of nitrogen functional groups attached to an aromatic ring is 1. The predicted octanol–water partition coefficient (Wildman–Crippen LogP) is 1.02. The van der Waals surface area contributed by atoms with Gasteiger partial charge in [-0.05, 0) is 18.6 Å². The molecule has 1 saturated heterocycles. The first-order valence-corrected chi connectivity index (χ1v) is 13.0. The molecule has 3 aromatic rings. The molecule has 2 aliphatic rings. The number of aldehydes is 1. The third-order valence-electron chi connectivity index (χ3n) is 5.44. The van der Waals surface area contributed by atoms with E-state index < -0.39 is 29.2 Å². The van der Waals surface area contributed by atoms with Crippen LogP contribution in [0.2, 0.25) is 0 Å². The maximum atomic E-state index is 13.2. The summed E-state index contributed by atoms with van der Waals surface area (Å²) in [4.78, 5) is 59.7. The van der Waals surface area contributed by atoms with E-state index in [4.69, 9.17) is 5.73 Å². The van der Waals surface area contributed by atoms with Gasteiger partial charge in [0.25, 0.3) is 11.8 Å². The van der Waals surface area contributed by atoms with Crippen LogP contribution in [0.3, 0.4) is 0 Å². The quantitative estimate of drug-likeness (QED) is 0.147. The van der Waals surface area contributed by atoms with Crippen LogP contribution in [0.1, 0.15) is 5.69 Å². The van der Waals surface area contributed by atoms with Crippen LogP contribution in [-0.4, -0.2) is 76.6 Å². The van der Waals surface area contributed by atoms with Gasteiger partial charge in [-0.2, -0.15) is 5.10 Å². The molecule has 0 aliphatic carbocycles. The Hall–Kier alpha value is -3.43. The lowest BCUT2D eigenvalue weighted by molar-refractivity contribution is -0.149. The number of aliphatic carboxylic acids is 1. The Balaban J connectivity index is 1.43. The number of β-lactam (4-membered cyclic amide) rings is 1. The average Bonchev–Trinajstić information content (AvgIpc) is 3.48. The molecule has 3 N–H and O–H groups in total.